The zero-order chi connectivity index (χ0) is 18.9. The topological polar surface area (TPSA) is 56.5 Å². The van der Waals surface area contributed by atoms with E-state index in [9.17, 15) is 0 Å². The summed E-state index contributed by atoms with van der Waals surface area (Å²) in [5, 5.41) is 4.80. The molecule has 3 aromatic heterocycles. The molecule has 0 atom stereocenters. The molecular weight excluding hydrogens is 346 g/mol. The first-order chi connectivity index (χ1) is 13.8. The molecule has 0 spiro atoms. The second-order valence-electron chi connectivity index (χ2n) is 6.63. The molecule has 5 heteroatoms. The van der Waals surface area contributed by atoms with Gasteiger partial charge in [-0.25, -0.2) is 14.6 Å². The molecule has 0 unspecified atom stereocenters. The van der Waals surface area contributed by atoms with Crippen molar-refractivity contribution in [1.82, 2.24) is 24.7 Å². The van der Waals surface area contributed by atoms with Gasteiger partial charge in [0.15, 0.2) is 5.82 Å². The number of hydrogen-bond donors (Lipinski definition) is 0. The van der Waals surface area contributed by atoms with Crippen LogP contribution in [-0.2, 0) is 0 Å². The molecule has 5 aromatic rings. The maximum atomic E-state index is 4.87. The maximum absolute atomic E-state index is 4.87. The lowest BCUT2D eigenvalue weighted by Gasteiger charge is -2.08. The molecule has 0 saturated heterocycles. The summed E-state index contributed by atoms with van der Waals surface area (Å²) in [6.07, 6.45) is 5.28. The molecule has 0 amide bonds. The number of nitrogens with zero attached hydrogens (tertiary/aromatic N) is 5. The maximum Gasteiger partial charge on any atom is 0.160 e. The lowest BCUT2D eigenvalue weighted by Crippen LogP contribution is -1.98. The Morgan fingerprint density at radius 1 is 0.786 bits per heavy atom. The summed E-state index contributed by atoms with van der Waals surface area (Å²) in [4.78, 5) is 13.5. The Kier molecular flexibility index (Phi) is 3.91. The third kappa shape index (κ3) is 2.83. The highest BCUT2D eigenvalue weighted by Crippen LogP contribution is 2.31. The first-order valence-electron chi connectivity index (χ1n) is 9.08. The highest BCUT2D eigenvalue weighted by atomic mass is 15.3. The fourth-order valence-electron chi connectivity index (χ4n) is 3.25. The van der Waals surface area contributed by atoms with Crippen LogP contribution in [0.3, 0.4) is 0 Å². The van der Waals surface area contributed by atoms with Gasteiger partial charge in [0.2, 0.25) is 0 Å². The average Bonchev–Trinajstić information content (AvgIpc) is 3.14. The van der Waals surface area contributed by atoms with Crippen LogP contribution in [0, 0.1) is 6.92 Å². The largest absolute Gasteiger partial charge is 0.265 e. The van der Waals surface area contributed by atoms with Crippen molar-refractivity contribution in [2.75, 3.05) is 0 Å². The number of pyridine rings is 1. The Morgan fingerprint density at radius 2 is 1.54 bits per heavy atom. The molecule has 0 aliphatic heterocycles. The summed E-state index contributed by atoms with van der Waals surface area (Å²) >= 11 is 0. The standard InChI is InChI=1S/C23H17N5/c1-16-7-9-17(10-8-16)22-21-20(27-28(22)19-5-3-2-4-6-19)15-25-23(26-21)18-11-13-24-14-12-18/h2-15H,1H3. The number of aromatic nitrogens is 5. The van der Waals surface area contributed by atoms with Gasteiger partial charge >= 0.3 is 0 Å². The summed E-state index contributed by atoms with van der Waals surface area (Å²) in [5.41, 5.74) is 6.74. The van der Waals surface area contributed by atoms with Crippen LogP contribution >= 0.6 is 0 Å². The molecule has 28 heavy (non-hydrogen) atoms. The van der Waals surface area contributed by atoms with Crippen LogP contribution in [0.4, 0.5) is 0 Å². The predicted octanol–water partition coefficient (Wildman–Crippen LogP) is 4.85. The Balaban J connectivity index is 1.80. The molecule has 0 aliphatic carbocycles. The summed E-state index contributed by atoms with van der Waals surface area (Å²) in [6.45, 7) is 2.08. The number of hydrogen-bond acceptors (Lipinski definition) is 4. The average molecular weight is 363 g/mol. The van der Waals surface area contributed by atoms with Gasteiger partial charge in [0.25, 0.3) is 0 Å². The highest BCUT2D eigenvalue weighted by Gasteiger charge is 2.17. The van der Waals surface area contributed by atoms with Crippen molar-refractivity contribution in [2.45, 2.75) is 6.92 Å². The second-order valence-corrected chi connectivity index (χ2v) is 6.63. The molecular formula is C23H17N5. The quantitative estimate of drug-likeness (QED) is 0.460. The molecule has 0 radical (unpaired) electrons. The van der Waals surface area contributed by atoms with E-state index in [1.165, 1.54) is 5.56 Å². The SMILES string of the molecule is Cc1ccc(-c2c3nc(-c4ccncc4)ncc3nn2-c2ccccc2)cc1. The van der Waals surface area contributed by atoms with Gasteiger partial charge in [-0.2, -0.15) is 5.10 Å². The number of aryl methyl sites for hydroxylation is 1. The highest BCUT2D eigenvalue weighted by molar-refractivity contribution is 5.91. The van der Waals surface area contributed by atoms with Gasteiger partial charge in [-0.15, -0.1) is 0 Å². The Hall–Kier alpha value is -3.86. The zero-order valence-electron chi connectivity index (χ0n) is 15.3. The minimum absolute atomic E-state index is 0.663. The third-order valence-corrected chi connectivity index (χ3v) is 4.68. The van der Waals surface area contributed by atoms with Crippen LogP contribution in [0.1, 0.15) is 5.56 Å². The molecule has 0 bridgehead atoms. The van der Waals surface area contributed by atoms with Gasteiger partial charge in [0, 0.05) is 23.5 Å². The van der Waals surface area contributed by atoms with Gasteiger partial charge in [-0.05, 0) is 31.2 Å². The van der Waals surface area contributed by atoms with Crippen molar-refractivity contribution in [3.63, 3.8) is 0 Å². The smallest absolute Gasteiger partial charge is 0.160 e. The molecule has 5 nitrogen and oxygen atoms in total. The summed E-state index contributed by atoms with van der Waals surface area (Å²) in [7, 11) is 0. The number of rotatable bonds is 3. The fraction of sp³-hybridized carbons (Fsp3) is 0.0435. The summed E-state index contributed by atoms with van der Waals surface area (Å²) in [5.74, 6) is 0.663. The number of fused-ring (bicyclic) bond motifs is 1. The lowest BCUT2D eigenvalue weighted by atomic mass is 10.1. The van der Waals surface area contributed by atoms with Crippen LogP contribution in [0.2, 0.25) is 0 Å². The fourth-order valence-corrected chi connectivity index (χ4v) is 3.25. The van der Waals surface area contributed by atoms with E-state index < -0.39 is 0 Å². The normalized spacial score (nSPS) is 11.0. The monoisotopic (exact) mass is 363 g/mol. The van der Waals surface area contributed by atoms with Crippen molar-refractivity contribution < 1.29 is 0 Å². The number of benzene rings is 2. The molecule has 134 valence electrons. The number of para-hydroxylation sites is 1. The Labute approximate surface area is 162 Å². The van der Waals surface area contributed by atoms with Gasteiger partial charge in [0.05, 0.1) is 11.9 Å². The van der Waals surface area contributed by atoms with Gasteiger partial charge in [-0.3, -0.25) is 4.98 Å². The van der Waals surface area contributed by atoms with E-state index >= 15 is 0 Å². The van der Waals surface area contributed by atoms with Crippen LogP contribution in [-0.4, -0.2) is 24.7 Å². The minimum Gasteiger partial charge on any atom is -0.265 e. The van der Waals surface area contributed by atoms with Crippen molar-refractivity contribution in [3.05, 3.63) is 90.9 Å². The molecule has 0 N–H and O–H groups in total. The zero-order valence-corrected chi connectivity index (χ0v) is 15.3. The van der Waals surface area contributed by atoms with Gasteiger partial charge in [-0.1, -0.05) is 48.0 Å². The Morgan fingerprint density at radius 3 is 2.29 bits per heavy atom. The van der Waals surface area contributed by atoms with E-state index in [1.54, 1.807) is 18.6 Å². The van der Waals surface area contributed by atoms with Crippen molar-refractivity contribution in [3.8, 4) is 28.3 Å². The van der Waals surface area contributed by atoms with Gasteiger partial charge < -0.3 is 0 Å². The molecule has 0 fully saturated rings. The summed E-state index contributed by atoms with van der Waals surface area (Å²) in [6, 6.07) is 22.4. The molecule has 0 saturated carbocycles. The van der Waals surface area contributed by atoms with E-state index in [1.807, 2.05) is 47.1 Å². The Bertz CT molecular complexity index is 1240. The van der Waals surface area contributed by atoms with Crippen molar-refractivity contribution in [2.24, 2.45) is 0 Å². The lowest BCUT2D eigenvalue weighted by molar-refractivity contribution is 0.903. The first-order valence-corrected chi connectivity index (χ1v) is 9.08. The first kappa shape index (κ1) is 16.3. The second kappa shape index (κ2) is 6.70. The van der Waals surface area contributed by atoms with Crippen molar-refractivity contribution >= 4 is 11.0 Å². The van der Waals surface area contributed by atoms with E-state index in [2.05, 4.69) is 41.2 Å². The van der Waals surface area contributed by atoms with Crippen LogP contribution < -0.4 is 0 Å². The van der Waals surface area contributed by atoms with Crippen LogP contribution in [0.15, 0.2) is 85.3 Å². The van der Waals surface area contributed by atoms with Crippen molar-refractivity contribution in [1.29, 1.82) is 0 Å². The molecule has 5 rings (SSSR count). The van der Waals surface area contributed by atoms with Crippen LogP contribution in [0.5, 0.6) is 0 Å². The third-order valence-electron chi connectivity index (χ3n) is 4.68. The van der Waals surface area contributed by atoms with E-state index in [0.717, 1.165) is 33.5 Å². The van der Waals surface area contributed by atoms with Crippen LogP contribution in [0.25, 0.3) is 39.4 Å². The van der Waals surface area contributed by atoms with E-state index in [0.29, 0.717) is 5.82 Å². The van der Waals surface area contributed by atoms with Gasteiger partial charge in [0.1, 0.15) is 16.7 Å². The minimum atomic E-state index is 0.663. The van der Waals surface area contributed by atoms with E-state index in [-0.39, 0.29) is 0 Å². The van der Waals surface area contributed by atoms with E-state index in [4.69, 9.17) is 10.1 Å². The summed E-state index contributed by atoms with van der Waals surface area (Å²) < 4.78 is 1.94. The predicted molar refractivity (Wildman–Crippen MR) is 110 cm³/mol. The molecule has 0 aliphatic rings. The molecule has 2 aromatic carbocycles. The molecule has 3 heterocycles.